The second kappa shape index (κ2) is 5.57. The molecule has 0 aliphatic heterocycles. The van der Waals surface area contributed by atoms with E-state index in [2.05, 4.69) is 30.5 Å². The third-order valence-electron chi connectivity index (χ3n) is 2.46. The Balaban J connectivity index is 2.18. The van der Waals surface area contributed by atoms with Gasteiger partial charge in [-0.25, -0.2) is 9.97 Å². The fourth-order valence-electron chi connectivity index (χ4n) is 1.71. The van der Waals surface area contributed by atoms with Crippen molar-refractivity contribution < 1.29 is 4.74 Å². The van der Waals surface area contributed by atoms with E-state index in [1.165, 1.54) is 0 Å². The Morgan fingerprint density at radius 3 is 3.06 bits per heavy atom. The summed E-state index contributed by atoms with van der Waals surface area (Å²) in [6.07, 6.45) is 1.78. The van der Waals surface area contributed by atoms with Gasteiger partial charge >= 0.3 is 0 Å². The maximum atomic E-state index is 5.37. The lowest BCUT2D eigenvalue weighted by molar-refractivity contribution is 0.133. The molecule has 2 rings (SSSR count). The molecule has 0 aliphatic carbocycles. The quantitative estimate of drug-likeness (QED) is 0.849. The van der Waals surface area contributed by atoms with Gasteiger partial charge in [0.2, 0.25) is 0 Å². The topological polar surface area (TPSA) is 66.0 Å². The van der Waals surface area contributed by atoms with Gasteiger partial charge in [-0.15, -0.1) is 0 Å². The number of nitrogens with zero attached hydrogens (tertiary/aromatic N) is 3. The molecule has 0 amide bonds. The van der Waals surface area contributed by atoms with Crippen LogP contribution >= 0.6 is 15.9 Å². The number of hydrogen-bond donors (Lipinski definition) is 1. The van der Waals surface area contributed by atoms with Crippen molar-refractivity contribution in [2.45, 2.75) is 13.5 Å². The molecular weight excluding hydrogens is 284 g/mol. The number of aromatic nitrogens is 3. The summed E-state index contributed by atoms with van der Waals surface area (Å²) in [6.45, 7) is 4.48. The second-order valence-electron chi connectivity index (χ2n) is 3.71. The predicted molar refractivity (Wildman–Crippen MR) is 69.8 cm³/mol. The van der Waals surface area contributed by atoms with Crippen molar-refractivity contribution in [2.75, 3.05) is 19.8 Å². The molecule has 5 nitrogen and oxygen atoms in total. The number of nitrogens with two attached hydrogens (primary N) is 1. The van der Waals surface area contributed by atoms with E-state index < -0.39 is 0 Å². The highest BCUT2D eigenvalue weighted by Crippen LogP contribution is 2.17. The molecule has 0 aliphatic rings. The average molecular weight is 299 g/mol. The number of hydrogen-bond acceptors (Lipinski definition) is 4. The minimum Gasteiger partial charge on any atom is -0.378 e. The Morgan fingerprint density at radius 2 is 2.29 bits per heavy atom. The van der Waals surface area contributed by atoms with E-state index in [0.29, 0.717) is 19.8 Å². The van der Waals surface area contributed by atoms with Crippen LogP contribution in [0.15, 0.2) is 16.7 Å². The normalized spacial score (nSPS) is 11.2. The Labute approximate surface area is 108 Å². The number of fused-ring (bicyclic) bond motifs is 1. The summed E-state index contributed by atoms with van der Waals surface area (Å²) in [7, 11) is 0. The smallest absolute Gasteiger partial charge is 0.160 e. The molecule has 17 heavy (non-hydrogen) atoms. The van der Waals surface area contributed by atoms with Gasteiger partial charge in [-0.1, -0.05) is 0 Å². The highest BCUT2D eigenvalue weighted by atomic mass is 79.9. The molecule has 0 unspecified atom stereocenters. The lowest BCUT2D eigenvalue weighted by Gasteiger charge is -2.06. The molecule has 0 saturated carbocycles. The summed E-state index contributed by atoms with van der Waals surface area (Å²) in [4.78, 5) is 8.84. The highest BCUT2D eigenvalue weighted by molar-refractivity contribution is 9.10. The predicted octanol–water partition coefficient (Wildman–Crippen LogP) is 1.48. The molecule has 0 aromatic carbocycles. The van der Waals surface area contributed by atoms with Gasteiger partial charge in [-0.05, 0) is 28.9 Å². The van der Waals surface area contributed by atoms with Gasteiger partial charge in [0.25, 0.3) is 0 Å². The Kier molecular flexibility index (Phi) is 4.09. The van der Waals surface area contributed by atoms with E-state index >= 15 is 0 Å². The maximum absolute atomic E-state index is 5.37. The standard InChI is InChI=1S/C11H15BrN4O/c1-8-15-10-6-9(12)7-14-11(10)16(8)3-5-17-4-2-13/h6-7H,2-5,13H2,1H3. The second-order valence-corrected chi connectivity index (χ2v) is 4.62. The van der Waals surface area contributed by atoms with Crippen LogP contribution in [0.5, 0.6) is 0 Å². The molecule has 92 valence electrons. The first-order valence-corrected chi connectivity index (χ1v) is 6.28. The number of imidazole rings is 1. The van der Waals surface area contributed by atoms with Crippen molar-refractivity contribution in [1.29, 1.82) is 0 Å². The number of rotatable bonds is 5. The Morgan fingerprint density at radius 1 is 1.47 bits per heavy atom. The van der Waals surface area contributed by atoms with Crippen molar-refractivity contribution in [1.82, 2.24) is 14.5 Å². The van der Waals surface area contributed by atoms with E-state index in [1.54, 1.807) is 6.20 Å². The lowest BCUT2D eigenvalue weighted by atomic mass is 10.4. The molecule has 2 aromatic rings. The molecule has 0 spiro atoms. The van der Waals surface area contributed by atoms with E-state index in [-0.39, 0.29) is 0 Å². The molecule has 6 heteroatoms. The molecule has 0 bridgehead atoms. The van der Waals surface area contributed by atoms with Gasteiger partial charge in [0.05, 0.1) is 13.2 Å². The van der Waals surface area contributed by atoms with Crippen molar-refractivity contribution in [2.24, 2.45) is 5.73 Å². The zero-order chi connectivity index (χ0) is 12.3. The van der Waals surface area contributed by atoms with Gasteiger partial charge in [-0.2, -0.15) is 0 Å². The number of aryl methyl sites for hydroxylation is 1. The Hall–Kier alpha value is -0.980. The van der Waals surface area contributed by atoms with Crippen LogP contribution in [0.3, 0.4) is 0 Å². The Bertz CT molecular complexity index is 511. The fraction of sp³-hybridized carbons (Fsp3) is 0.455. The summed E-state index contributed by atoms with van der Waals surface area (Å²) in [5.74, 6) is 0.946. The third kappa shape index (κ3) is 2.83. The van der Waals surface area contributed by atoms with Crippen LogP contribution in [0.4, 0.5) is 0 Å². The minimum atomic E-state index is 0.550. The van der Waals surface area contributed by atoms with Crippen molar-refractivity contribution in [3.63, 3.8) is 0 Å². The van der Waals surface area contributed by atoms with Crippen molar-refractivity contribution in [3.8, 4) is 0 Å². The zero-order valence-electron chi connectivity index (χ0n) is 9.69. The van der Waals surface area contributed by atoms with Crippen LogP contribution in [0.2, 0.25) is 0 Å². The van der Waals surface area contributed by atoms with Gasteiger partial charge in [0, 0.05) is 23.8 Å². The zero-order valence-corrected chi connectivity index (χ0v) is 11.3. The van der Waals surface area contributed by atoms with E-state index in [0.717, 1.165) is 28.0 Å². The minimum absolute atomic E-state index is 0.550. The first-order valence-electron chi connectivity index (χ1n) is 5.48. The van der Waals surface area contributed by atoms with Gasteiger partial charge in [0.1, 0.15) is 11.3 Å². The summed E-state index contributed by atoms with van der Waals surface area (Å²) in [5, 5.41) is 0. The van der Waals surface area contributed by atoms with Crippen LogP contribution < -0.4 is 5.73 Å². The monoisotopic (exact) mass is 298 g/mol. The molecule has 0 atom stereocenters. The van der Waals surface area contributed by atoms with Crippen molar-refractivity contribution in [3.05, 3.63) is 22.6 Å². The number of halogens is 1. The molecule has 2 N–H and O–H groups in total. The van der Waals surface area contributed by atoms with Gasteiger partial charge in [0.15, 0.2) is 5.65 Å². The third-order valence-corrected chi connectivity index (χ3v) is 2.90. The largest absolute Gasteiger partial charge is 0.378 e. The molecule has 0 radical (unpaired) electrons. The first-order chi connectivity index (χ1) is 8.22. The average Bonchev–Trinajstić information content (AvgIpc) is 2.60. The van der Waals surface area contributed by atoms with E-state index in [1.807, 2.05) is 13.0 Å². The molecule has 0 fully saturated rings. The number of ether oxygens (including phenoxy) is 1. The van der Waals surface area contributed by atoms with Gasteiger partial charge < -0.3 is 15.0 Å². The summed E-state index contributed by atoms with van der Waals surface area (Å²) in [6, 6.07) is 1.96. The van der Waals surface area contributed by atoms with Crippen molar-refractivity contribution >= 4 is 27.1 Å². The highest BCUT2D eigenvalue weighted by Gasteiger charge is 2.08. The fourth-order valence-corrected chi connectivity index (χ4v) is 2.03. The number of pyridine rings is 1. The lowest BCUT2D eigenvalue weighted by Crippen LogP contribution is -2.13. The molecule has 2 aromatic heterocycles. The summed E-state index contributed by atoms with van der Waals surface area (Å²) in [5.41, 5.74) is 7.15. The maximum Gasteiger partial charge on any atom is 0.160 e. The van der Waals surface area contributed by atoms with Gasteiger partial charge in [-0.3, -0.25) is 0 Å². The van der Waals surface area contributed by atoms with Crippen LogP contribution in [0.1, 0.15) is 5.82 Å². The summed E-state index contributed by atoms with van der Waals surface area (Å²) >= 11 is 3.39. The molecular formula is C11H15BrN4O. The SMILES string of the molecule is Cc1nc2cc(Br)cnc2n1CCOCCN. The first kappa shape index (κ1) is 12.5. The van der Waals surface area contributed by atoms with Crippen LogP contribution in [0.25, 0.3) is 11.2 Å². The van der Waals surface area contributed by atoms with Crippen LogP contribution in [-0.2, 0) is 11.3 Å². The van der Waals surface area contributed by atoms with Crippen LogP contribution in [0, 0.1) is 6.92 Å². The van der Waals surface area contributed by atoms with E-state index in [9.17, 15) is 0 Å². The van der Waals surface area contributed by atoms with Crippen LogP contribution in [-0.4, -0.2) is 34.3 Å². The van der Waals surface area contributed by atoms with E-state index in [4.69, 9.17) is 10.5 Å². The molecule has 2 heterocycles. The molecule has 0 saturated heterocycles. The summed E-state index contributed by atoms with van der Waals surface area (Å²) < 4.78 is 8.37.